The molecule has 9 heteroatoms. The third-order valence-corrected chi connectivity index (χ3v) is 4.89. The zero-order chi connectivity index (χ0) is 22.2. The Morgan fingerprint density at radius 1 is 0.903 bits per heavy atom. The number of amides is 2. The van der Waals surface area contributed by atoms with Crippen LogP contribution < -0.4 is 15.5 Å². The highest BCUT2D eigenvalue weighted by molar-refractivity contribution is 6.41. The van der Waals surface area contributed by atoms with Crippen LogP contribution in [0.25, 0.3) is 0 Å². The first-order valence-electron chi connectivity index (χ1n) is 8.98. The van der Waals surface area contributed by atoms with Crippen LogP contribution in [0.15, 0.2) is 71.8 Å². The Morgan fingerprint density at radius 3 is 2.48 bits per heavy atom. The quantitative estimate of drug-likeness (QED) is 0.287. The number of ether oxygens (including phenoxy) is 1. The van der Waals surface area contributed by atoms with Crippen molar-refractivity contribution in [3.05, 3.63) is 92.9 Å². The molecular formula is C22H16Cl3N3O3. The van der Waals surface area contributed by atoms with Gasteiger partial charge in [0.25, 0.3) is 0 Å². The summed E-state index contributed by atoms with van der Waals surface area (Å²) >= 11 is 18.0. The lowest BCUT2D eigenvalue weighted by Gasteiger charge is -2.08. The van der Waals surface area contributed by atoms with Gasteiger partial charge in [-0.1, -0.05) is 65.1 Å². The van der Waals surface area contributed by atoms with Crippen LogP contribution in [-0.2, 0) is 16.2 Å². The number of hydrogen-bond donors (Lipinski definition) is 2. The molecule has 0 spiro atoms. The van der Waals surface area contributed by atoms with Gasteiger partial charge in [0.15, 0.2) is 0 Å². The van der Waals surface area contributed by atoms with Gasteiger partial charge >= 0.3 is 11.8 Å². The summed E-state index contributed by atoms with van der Waals surface area (Å²) in [6.07, 6.45) is 1.39. The predicted molar refractivity (Wildman–Crippen MR) is 123 cm³/mol. The minimum atomic E-state index is -0.930. The molecule has 0 unspecified atom stereocenters. The zero-order valence-electron chi connectivity index (χ0n) is 15.9. The minimum Gasteiger partial charge on any atom is -0.489 e. The third kappa shape index (κ3) is 6.72. The normalized spacial score (nSPS) is 10.7. The van der Waals surface area contributed by atoms with Crippen LogP contribution in [0.3, 0.4) is 0 Å². The molecule has 0 bridgehead atoms. The number of rotatable bonds is 6. The van der Waals surface area contributed by atoms with Gasteiger partial charge in [-0.05, 0) is 42.0 Å². The highest BCUT2D eigenvalue weighted by Crippen LogP contribution is 2.23. The van der Waals surface area contributed by atoms with E-state index >= 15 is 0 Å². The molecule has 2 N–H and O–H groups in total. The number of carbonyl (C=O) groups is 2. The van der Waals surface area contributed by atoms with Crippen LogP contribution >= 0.6 is 34.8 Å². The number of hydrogen-bond acceptors (Lipinski definition) is 4. The molecule has 0 aliphatic heterocycles. The fourth-order valence-corrected chi connectivity index (χ4v) is 3.09. The van der Waals surface area contributed by atoms with Gasteiger partial charge in [-0.3, -0.25) is 9.59 Å². The lowest BCUT2D eigenvalue weighted by molar-refractivity contribution is -0.136. The molecule has 0 aromatic heterocycles. The Morgan fingerprint density at radius 2 is 1.71 bits per heavy atom. The summed E-state index contributed by atoms with van der Waals surface area (Å²) in [4.78, 5) is 23.8. The third-order valence-electron chi connectivity index (χ3n) is 3.98. The molecule has 0 aliphatic carbocycles. The fourth-order valence-electron chi connectivity index (χ4n) is 2.44. The zero-order valence-corrected chi connectivity index (χ0v) is 18.2. The maximum atomic E-state index is 11.9. The Kier molecular flexibility index (Phi) is 7.89. The molecule has 3 aromatic carbocycles. The van der Waals surface area contributed by atoms with E-state index < -0.39 is 11.8 Å². The number of para-hydroxylation sites is 1. The van der Waals surface area contributed by atoms with Crippen LogP contribution in [0.2, 0.25) is 15.1 Å². The first-order valence-corrected chi connectivity index (χ1v) is 10.1. The number of anilines is 1. The van der Waals surface area contributed by atoms with E-state index in [1.165, 1.54) is 6.21 Å². The van der Waals surface area contributed by atoms with Crippen molar-refractivity contribution in [2.45, 2.75) is 6.61 Å². The van der Waals surface area contributed by atoms with Crippen molar-refractivity contribution in [1.29, 1.82) is 0 Å². The second kappa shape index (κ2) is 10.8. The van der Waals surface area contributed by atoms with E-state index in [1.54, 1.807) is 66.7 Å². The molecule has 31 heavy (non-hydrogen) atoms. The first-order chi connectivity index (χ1) is 14.9. The summed E-state index contributed by atoms with van der Waals surface area (Å²) < 4.78 is 5.74. The van der Waals surface area contributed by atoms with E-state index in [0.29, 0.717) is 32.1 Å². The van der Waals surface area contributed by atoms with Crippen molar-refractivity contribution in [1.82, 2.24) is 5.43 Å². The van der Waals surface area contributed by atoms with Crippen molar-refractivity contribution in [3.63, 3.8) is 0 Å². The molecule has 0 atom stereocenters. The highest BCUT2D eigenvalue weighted by Gasteiger charge is 2.14. The van der Waals surface area contributed by atoms with E-state index in [-0.39, 0.29) is 6.61 Å². The molecule has 158 valence electrons. The molecule has 6 nitrogen and oxygen atoms in total. The van der Waals surface area contributed by atoms with E-state index in [4.69, 9.17) is 39.5 Å². The summed E-state index contributed by atoms with van der Waals surface area (Å²) in [5.74, 6) is -1.24. The molecule has 3 aromatic rings. The number of benzene rings is 3. The van der Waals surface area contributed by atoms with Crippen LogP contribution in [0, 0.1) is 0 Å². The van der Waals surface area contributed by atoms with Crippen molar-refractivity contribution in [2.75, 3.05) is 5.32 Å². The van der Waals surface area contributed by atoms with Crippen LogP contribution in [-0.4, -0.2) is 18.0 Å². The Balaban J connectivity index is 1.54. The second-order valence-electron chi connectivity index (χ2n) is 6.23. The minimum absolute atomic E-state index is 0.259. The molecular weight excluding hydrogens is 461 g/mol. The molecule has 2 amide bonds. The number of nitrogens with zero attached hydrogens (tertiary/aromatic N) is 1. The fraction of sp³-hybridized carbons (Fsp3) is 0.0455. The maximum absolute atomic E-state index is 11.9. The van der Waals surface area contributed by atoms with Crippen LogP contribution in [0.5, 0.6) is 5.75 Å². The van der Waals surface area contributed by atoms with Crippen molar-refractivity contribution in [3.8, 4) is 5.75 Å². The van der Waals surface area contributed by atoms with Gasteiger partial charge in [-0.25, -0.2) is 5.43 Å². The van der Waals surface area contributed by atoms with Gasteiger partial charge in [0.1, 0.15) is 12.4 Å². The van der Waals surface area contributed by atoms with Gasteiger partial charge in [0.2, 0.25) is 0 Å². The number of halogens is 3. The maximum Gasteiger partial charge on any atom is 0.329 e. The molecule has 0 fully saturated rings. The van der Waals surface area contributed by atoms with Crippen LogP contribution in [0.1, 0.15) is 11.1 Å². The monoisotopic (exact) mass is 475 g/mol. The molecule has 0 aliphatic rings. The molecule has 0 radical (unpaired) electrons. The summed E-state index contributed by atoms with van der Waals surface area (Å²) in [6, 6.07) is 18.8. The largest absolute Gasteiger partial charge is 0.489 e. The number of hydrazone groups is 1. The van der Waals surface area contributed by atoms with E-state index in [9.17, 15) is 9.59 Å². The van der Waals surface area contributed by atoms with E-state index in [0.717, 1.165) is 5.56 Å². The average molecular weight is 477 g/mol. The standard InChI is InChI=1S/C22H16Cl3N3O3/c23-16-9-8-15(19(25)11-16)13-31-17-5-3-4-14(10-17)12-26-28-22(30)21(29)27-20-7-2-1-6-18(20)24/h1-12H,13H2,(H,27,29)(H,28,30)/b26-12-. The lowest BCUT2D eigenvalue weighted by atomic mass is 10.2. The number of nitrogens with one attached hydrogen (secondary N) is 2. The molecule has 0 saturated heterocycles. The molecule has 0 saturated carbocycles. The van der Waals surface area contributed by atoms with Crippen molar-refractivity contribution in [2.24, 2.45) is 5.10 Å². The summed E-state index contributed by atoms with van der Waals surface area (Å²) in [6.45, 7) is 0.259. The second-order valence-corrected chi connectivity index (χ2v) is 7.48. The smallest absolute Gasteiger partial charge is 0.329 e. The van der Waals surface area contributed by atoms with E-state index in [1.807, 2.05) is 0 Å². The first kappa shape index (κ1) is 22.6. The van der Waals surface area contributed by atoms with Crippen molar-refractivity contribution < 1.29 is 14.3 Å². The summed E-state index contributed by atoms with van der Waals surface area (Å²) in [7, 11) is 0. The van der Waals surface area contributed by atoms with Gasteiger partial charge in [-0.2, -0.15) is 5.10 Å². The summed E-state index contributed by atoms with van der Waals surface area (Å²) in [5, 5.41) is 7.60. The van der Waals surface area contributed by atoms with Crippen LogP contribution in [0.4, 0.5) is 5.69 Å². The molecule has 3 rings (SSSR count). The Hall–Kier alpha value is -3.06. The Labute approximate surface area is 193 Å². The Bertz CT molecular complexity index is 1140. The SMILES string of the molecule is O=C(N/N=C\c1cccc(OCc2ccc(Cl)cc2Cl)c1)C(=O)Nc1ccccc1Cl. The van der Waals surface area contributed by atoms with Gasteiger partial charge < -0.3 is 10.1 Å². The highest BCUT2D eigenvalue weighted by atomic mass is 35.5. The van der Waals surface area contributed by atoms with E-state index in [2.05, 4.69) is 15.8 Å². The van der Waals surface area contributed by atoms with Crippen molar-refractivity contribution >= 4 is 58.5 Å². The topological polar surface area (TPSA) is 79.8 Å². The molecule has 0 heterocycles. The lowest BCUT2D eigenvalue weighted by Crippen LogP contribution is -2.32. The van der Waals surface area contributed by atoms with Gasteiger partial charge in [0, 0.05) is 15.6 Å². The average Bonchev–Trinajstić information content (AvgIpc) is 2.75. The number of carbonyl (C=O) groups excluding carboxylic acids is 2. The predicted octanol–water partition coefficient (Wildman–Crippen LogP) is 5.31. The van der Waals surface area contributed by atoms with Gasteiger partial charge in [-0.15, -0.1) is 0 Å². The summed E-state index contributed by atoms with van der Waals surface area (Å²) in [5.41, 5.74) is 3.95. The van der Waals surface area contributed by atoms with Gasteiger partial charge in [0.05, 0.1) is 16.9 Å².